The van der Waals surface area contributed by atoms with Crippen LogP contribution >= 0.6 is 0 Å². The number of nitrogens with zero attached hydrogens (tertiary/aromatic N) is 1. The van der Waals surface area contributed by atoms with Gasteiger partial charge in [0.2, 0.25) is 0 Å². The lowest BCUT2D eigenvalue weighted by Gasteiger charge is -2.32. The van der Waals surface area contributed by atoms with Gasteiger partial charge >= 0.3 is 12.1 Å². The molecule has 2 heterocycles. The lowest BCUT2D eigenvalue weighted by molar-refractivity contribution is -0.151. The fourth-order valence-electron chi connectivity index (χ4n) is 3.57. The van der Waals surface area contributed by atoms with Crippen LogP contribution in [0.25, 0.3) is 0 Å². The highest BCUT2D eigenvalue weighted by Crippen LogP contribution is 2.26. The molecule has 3 N–H and O–H groups in total. The lowest BCUT2D eigenvalue weighted by Crippen LogP contribution is -2.44. The predicted octanol–water partition coefficient (Wildman–Crippen LogP) is 3.21. The highest BCUT2D eigenvalue weighted by Gasteiger charge is 2.35. The van der Waals surface area contributed by atoms with Gasteiger partial charge in [0.1, 0.15) is 11.7 Å². The molecule has 1 aliphatic heterocycles. The monoisotopic (exact) mass is 458 g/mol. The quantitative estimate of drug-likeness (QED) is 0.352. The minimum absolute atomic E-state index is 0.111. The standard InChI is InChI=1S/C25H34N2O6/c1-5-7-17(2)23-18(3)9-10-21(25(4,31)12-11-20(28)14-22(29)33-23)32-24(30)27-16-19-8-6-13-26-15-19/h5-10,13,15,18,20-21,23,28,31H,1,11-12,14,16H2,2-4H3,(H,27,30)/b10-9+,17-7+. The van der Waals surface area contributed by atoms with Crippen LogP contribution < -0.4 is 5.32 Å². The Balaban J connectivity index is 2.23. The number of ether oxygens (including phenoxy) is 2. The summed E-state index contributed by atoms with van der Waals surface area (Å²) in [6.45, 7) is 9.12. The first-order valence-electron chi connectivity index (χ1n) is 11.0. The number of hydrogen-bond donors (Lipinski definition) is 3. The topological polar surface area (TPSA) is 118 Å². The van der Waals surface area contributed by atoms with Crippen molar-refractivity contribution in [1.82, 2.24) is 10.3 Å². The van der Waals surface area contributed by atoms with E-state index >= 15 is 0 Å². The average Bonchev–Trinajstić information content (AvgIpc) is 2.77. The SMILES string of the molecule is C=C/C=C(\C)C1OC(=O)CC(O)CCC(C)(O)C(OC(=O)NCc2cccnc2)/C=C/C1C. The maximum Gasteiger partial charge on any atom is 0.408 e. The minimum atomic E-state index is -1.46. The third-order valence-electron chi connectivity index (χ3n) is 5.55. The number of alkyl carbamates (subject to hydrolysis) is 1. The first-order chi connectivity index (χ1) is 15.6. The van der Waals surface area contributed by atoms with E-state index in [4.69, 9.17) is 9.47 Å². The van der Waals surface area contributed by atoms with Gasteiger partial charge in [0.15, 0.2) is 6.10 Å². The first kappa shape index (κ1) is 26.3. The predicted molar refractivity (Wildman–Crippen MR) is 124 cm³/mol. The fourth-order valence-corrected chi connectivity index (χ4v) is 3.57. The Morgan fingerprint density at radius 3 is 2.88 bits per heavy atom. The van der Waals surface area contributed by atoms with Gasteiger partial charge in [-0.1, -0.05) is 37.8 Å². The summed E-state index contributed by atoms with van der Waals surface area (Å²) in [7, 11) is 0. The second kappa shape index (κ2) is 12.3. The van der Waals surface area contributed by atoms with Crippen LogP contribution in [0.5, 0.6) is 0 Å². The Labute approximate surface area is 195 Å². The van der Waals surface area contributed by atoms with Gasteiger partial charge in [-0.25, -0.2) is 4.79 Å². The molecule has 8 heteroatoms. The van der Waals surface area contributed by atoms with Gasteiger partial charge in [-0.3, -0.25) is 9.78 Å². The number of cyclic esters (lactones) is 1. The number of rotatable bonds is 5. The number of nitrogens with one attached hydrogen (secondary N) is 1. The van der Waals surface area contributed by atoms with Gasteiger partial charge < -0.3 is 25.0 Å². The molecule has 0 aliphatic carbocycles. The van der Waals surface area contributed by atoms with Crippen LogP contribution in [-0.4, -0.2) is 51.2 Å². The number of aliphatic hydroxyl groups excluding tert-OH is 1. The Kier molecular flexibility index (Phi) is 9.81. The van der Waals surface area contributed by atoms with Crippen LogP contribution in [0.2, 0.25) is 0 Å². The molecule has 0 saturated heterocycles. The molecule has 0 spiro atoms. The third kappa shape index (κ3) is 8.47. The van der Waals surface area contributed by atoms with Crippen LogP contribution in [0.1, 0.15) is 45.6 Å². The van der Waals surface area contributed by atoms with E-state index in [0.717, 1.165) is 11.1 Å². The summed E-state index contributed by atoms with van der Waals surface area (Å²) in [5.74, 6) is -0.811. The number of carbonyl (C=O) groups excluding carboxylic acids is 2. The van der Waals surface area contributed by atoms with Gasteiger partial charge in [-0.2, -0.15) is 0 Å². The summed E-state index contributed by atoms with van der Waals surface area (Å²) in [6, 6.07) is 3.59. The molecule has 5 unspecified atom stereocenters. The molecule has 8 nitrogen and oxygen atoms in total. The molecule has 0 radical (unpaired) electrons. The van der Waals surface area contributed by atoms with Crippen molar-refractivity contribution in [3.8, 4) is 0 Å². The van der Waals surface area contributed by atoms with Crippen LogP contribution in [-0.2, 0) is 20.8 Å². The number of amides is 1. The van der Waals surface area contributed by atoms with Crippen molar-refractivity contribution < 1.29 is 29.3 Å². The highest BCUT2D eigenvalue weighted by molar-refractivity contribution is 5.70. The van der Waals surface area contributed by atoms with E-state index in [2.05, 4.69) is 16.9 Å². The van der Waals surface area contributed by atoms with Crippen molar-refractivity contribution in [2.24, 2.45) is 5.92 Å². The highest BCUT2D eigenvalue weighted by atomic mass is 16.6. The van der Waals surface area contributed by atoms with E-state index in [1.54, 1.807) is 42.8 Å². The molecule has 0 saturated carbocycles. The van der Waals surface area contributed by atoms with Crippen molar-refractivity contribution in [2.45, 2.75) is 70.5 Å². The molecule has 0 bridgehead atoms. The Hall–Kier alpha value is -2.97. The molecule has 0 fully saturated rings. The molecule has 2 rings (SSSR count). The number of allylic oxidation sites excluding steroid dienone is 2. The zero-order valence-electron chi connectivity index (χ0n) is 19.4. The zero-order valence-corrected chi connectivity index (χ0v) is 19.4. The number of aromatic nitrogens is 1. The summed E-state index contributed by atoms with van der Waals surface area (Å²) in [6.07, 6.45) is 6.77. The maximum atomic E-state index is 12.5. The summed E-state index contributed by atoms with van der Waals surface area (Å²) in [4.78, 5) is 28.8. The van der Waals surface area contributed by atoms with Crippen molar-refractivity contribution in [3.05, 3.63) is 66.5 Å². The molecular formula is C25H34N2O6. The Morgan fingerprint density at radius 1 is 1.45 bits per heavy atom. The van der Waals surface area contributed by atoms with Crippen LogP contribution in [0.3, 0.4) is 0 Å². The smallest absolute Gasteiger partial charge is 0.408 e. The largest absolute Gasteiger partial charge is 0.457 e. The van der Waals surface area contributed by atoms with Gasteiger partial charge in [0, 0.05) is 24.9 Å². The molecule has 1 aliphatic rings. The van der Waals surface area contributed by atoms with E-state index in [1.807, 2.05) is 19.9 Å². The molecule has 1 aromatic rings. The number of carbonyl (C=O) groups is 2. The van der Waals surface area contributed by atoms with Gasteiger partial charge in [0.25, 0.3) is 0 Å². The Bertz CT molecular complexity index is 865. The number of esters is 1. The molecule has 1 aromatic heterocycles. The van der Waals surface area contributed by atoms with E-state index in [9.17, 15) is 19.8 Å². The number of hydrogen-bond acceptors (Lipinski definition) is 7. The van der Waals surface area contributed by atoms with E-state index in [1.165, 1.54) is 6.92 Å². The minimum Gasteiger partial charge on any atom is -0.457 e. The normalized spacial score (nSPS) is 30.2. The van der Waals surface area contributed by atoms with Crippen LogP contribution in [0.4, 0.5) is 4.79 Å². The summed E-state index contributed by atoms with van der Waals surface area (Å²) < 4.78 is 11.2. The Morgan fingerprint density at radius 2 is 2.21 bits per heavy atom. The molecule has 33 heavy (non-hydrogen) atoms. The van der Waals surface area contributed by atoms with Gasteiger partial charge in [-0.05, 0) is 50.0 Å². The van der Waals surface area contributed by atoms with Crippen molar-refractivity contribution in [3.63, 3.8) is 0 Å². The lowest BCUT2D eigenvalue weighted by atomic mass is 9.89. The van der Waals surface area contributed by atoms with E-state index in [0.29, 0.717) is 0 Å². The average molecular weight is 459 g/mol. The van der Waals surface area contributed by atoms with Crippen LogP contribution in [0, 0.1) is 5.92 Å². The molecular weight excluding hydrogens is 424 g/mol. The third-order valence-corrected chi connectivity index (χ3v) is 5.55. The fraction of sp³-hybridized carbons (Fsp3) is 0.480. The summed E-state index contributed by atoms with van der Waals surface area (Å²) in [5.41, 5.74) is 0.120. The molecule has 0 aromatic carbocycles. The van der Waals surface area contributed by atoms with Crippen molar-refractivity contribution in [1.29, 1.82) is 0 Å². The van der Waals surface area contributed by atoms with Crippen molar-refractivity contribution in [2.75, 3.05) is 0 Å². The second-order valence-electron chi connectivity index (χ2n) is 8.60. The molecule has 180 valence electrons. The van der Waals surface area contributed by atoms with E-state index in [-0.39, 0.29) is 31.7 Å². The zero-order chi connectivity index (χ0) is 24.4. The molecule has 5 atom stereocenters. The van der Waals surface area contributed by atoms with Crippen LogP contribution in [0.15, 0.2) is 61.0 Å². The van der Waals surface area contributed by atoms with Crippen molar-refractivity contribution >= 4 is 12.1 Å². The summed E-state index contributed by atoms with van der Waals surface area (Å²) in [5, 5.41) is 24.0. The summed E-state index contributed by atoms with van der Waals surface area (Å²) >= 11 is 0. The number of pyridine rings is 1. The van der Waals surface area contributed by atoms with Gasteiger partial charge in [0.05, 0.1) is 12.5 Å². The number of aliphatic hydroxyl groups is 2. The molecule has 1 amide bonds. The maximum absolute atomic E-state index is 12.5. The van der Waals surface area contributed by atoms with Gasteiger partial charge in [-0.15, -0.1) is 0 Å². The van der Waals surface area contributed by atoms with E-state index < -0.39 is 36.0 Å². The first-order valence-corrected chi connectivity index (χ1v) is 11.0. The second-order valence-corrected chi connectivity index (χ2v) is 8.60.